The van der Waals surface area contributed by atoms with E-state index in [4.69, 9.17) is 8.75 Å². The number of nitrogens with zero attached hydrogens (tertiary/aromatic N) is 2. The standard InChI is InChI=1S/C30H38Br2N2S3/c1-3-5-7-9-11-13-15-21-19-25(31)35-29(21)23-17-18-24(28-27(23)33-37-34-28)30-22(20-26(32)36-30)16-14-12-10-8-6-4-2/h17-20H,3-16H2,1-2H3. The highest BCUT2D eigenvalue weighted by Crippen LogP contribution is 2.44. The highest BCUT2D eigenvalue weighted by Gasteiger charge is 2.20. The van der Waals surface area contributed by atoms with Crippen LogP contribution < -0.4 is 0 Å². The molecule has 0 spiro atoms. The van der Waals surface area contributed by atoms with Gasteiger partial charge in [0.2, 0.25) is 0 Å². The van der Waals surface area contributed by atoms with Crippen molar-refractivity contribution in [3.63, 3.8) is 0 Å². The van der Waals surface area contributed by atoms with E-state index in [0.29, 0.717) is 0 Å². The summed E-state index contributed by atoms with van der Waals surface area (Å²) in [6, 6.07) is 9.23. The fourth-order valence-corrected chi connectivity index (χ4v) is 9.07. The Morgan fingerprint density at radius 1 is 0.595 bits per heavy atom. The second kappa shape index (κ2) is 15.3. The number of aromatic nitrogens is 2. The van der Waals surface area contributed by atoms with Crippen molar-refractivity contribution >= 4 is 77.3 Å². The summed E-state index contributed by atoms with van der Waals surface area (Å²) in [4.78, 5) is 2.70. The van der Waals surface area contributed by atoms with E-state index in [-0.39, 0.29) is 0 Å². The van der Waals surface area contributed by atoms with Crippen molar-refractivity contribution < 1.29 is 0 Å². The van der Waals surface area contributed by atoms with E-state index in [1.807, 2.05) is 22.7 Å². The third-order valence-electron chi connectivity index (χ3n) is 7.06. The molecule has 3 aromatic heterocycles. The van der Waals surface area contributed by atoms with Gasteiger partial charge in [0.05, 0.1) is 19.3 Å². The first-order chi connectivity index (χ1) is 18.1. The average molecular weight is 683 g/mol. The second-order valence-corrected chi connectivity index (χ2v) is 15.4. The molecule has 7 heteroatoms. The largest absolute Gasteiger partial charge is 0.172 e. The number of hydrogen-bond acceptors (Lipinski definition) is 5. The lowest BCUT2D eigenvalue weighted by Crippen LogP contribution is -1.90. The van der Waals surface area contributed by atoms with Crippen LogP contribution in [0.2, 0.25) is 0 Å². The van der Waals surface area contributed by atoms with Crippen molar-refractivity contribution in [1.29, 1.82) is 0 Å². The molecule has 4 rings (SSSR count). The van der Waals surface area contributed by atoms with E-state index in [0.717, 1.165) is 23.9 Å². The number of rotatable bonds is 16. The van der Waals surface area contributed by atoms with Crippen LogP contribution in [0.1, 0.15) is 102 Å². The Labute approximate surface area is 251 Å². The van der Waals surface area contributed by atoms with E-state index in [9.17, 15) is 0 Å². The molecule has 0 aliphatic rings. The van der Waals surface area contributed by atoms with Gasteiger partial charge in [-0.15, -0.1) is 22.7 Å². The molecule has 0 amide bonds. The van der Waals surface area contributed by atoms with Crippen LogP contribution in [0.25, 0.3) is 31.9 Å². The molecule has 37 heavy (non-hydrogen) atoms. The highest BCUT2D eigenvalue weighted by molar-refractivity contribution is 9.11. The van der Waals surface area contributed by atoms with Crippen LogP contribution in [0, 0.1) is 0 Å². The zero-order chi connectivity index (χ0) is 26.0. The van der Waals surface area contributed by atoms with Gasteiger partial charge in [0.15, 0.2) is 0 Å². The molecule has 0 atom stereocenters. The van der Waals surface area contributed by atoms with Crippen LogP contribution in [0.5, 0.6) is 0 Å². The average Bonchev–Trinajstić information content (AvgIpc) is 3.61. The first-order valence-electron chi connectivity index (χ1n) is 13.9. The SMILES string of the molecule is CCCCCCCCc1cc(Br)sc1-c1ccc(-c2sc(Br)cc2CCCCCCCC)c2nsnc12. The zero-order valence-electron chi connectivity index (χ0n) is 22.1. The molecule has 2 nitrogen and oxygen atoms in total. The smallest absolute Gasteiger partial charge is 0.114 e. The summed E-state index contributed by atoms with van der Waals surface area (Å²) in [6.07, 6.45) is 18.1. The summed E-state index contributed by atoms with van der Waals surface area (Å²) in [5, 5.41) is 0. The second-order valence-electron chi connectivity index (χ2n) is 9.97. The van der Waals surface area contributed by atoms with Gasteiger partial charge in [-0.1, -0.05) is 90.2 Å². The van der Waals surface area contributed by atoms with Crippen LogP contribution in [-0.2, 0) is 12.8 Å². The minimum absolute atomic E-state index is 1.05. The van der Waals surface area contributed by atoms with E-state index in [2.05, 4.69) is 70.0 Å². The summed E-state index contributed by atoms with van der Waals surface area (Å²) in [5.41, 5.74) is 7.45. The maximum atomic E-state index is 4.82. The first kappa shape index (κ1) is 29.4. The summed E-state index contributed by atoms with van der Waals surface area (Å²) in [5.74, 6) is 0. The lowest BCUT2D eigenvalue weighted by Gasteiger charge is -2.09. The number of thiophene rings is 2. The monoisotopic (exact) mass is 680 g/mol. The van der Waals surface area contributed by atoms with Gasteiger partial charge in [-0.05, 0) is 80.8 Å². The van der Waals surface area contributed by atoms with Gasteiger partial charge in [0, 0.05) is 20.9 Å². The third kappa shape index (κ3) is 7.97. The molecule has 0 aliphatic heterocycles. The van der Waals surface area contributed by atoms with E-state index < -0.39 is 0 Å². The van der Waals surface area contributed by atoms with Gasteiger partial charge in [0.1, 0.15) is 11.0 Å². The summed E-state index contributed by atoms with van der Waals surface area (Å²) in [6.45, 7) is 4.56. The predicted octanol–water partition coefficient (Wildman–Crippen LogP) is 12.5. The Kier molecular flexibility index (Phi) is 12.1. The molecule has 200 valence electrons. The molecule has 1 aromatic carbocycles. The van der Waals surface area contributed by atoms with Crippen molar-refractivity contribution in [2.24, 2.45) is 0 Å². The predicted molar refractivity (Wildman–Crippen MR) is 174 cm³/mol. The Balaban J connectivity index is 1.54. The zero-order valence-corrected chi connectivity index (χ0v) is 27.7. The molecule has 0 fully saturated rings. The van der Waals surface area contributed by atoms with Crippen molar-refractivity contribution in [2.75, 3.05) is 0 Å². The molecule has 0 saturated carbocycles. The third-order valence-corrected chi connectivity index (χ3v) is 11.0. The van der Waals surface area contributed by atoms with Gasteiger partial charge in [0.25, 0.3) is 0 Å². The molecule has 4 aromatic rings. The molecular weight excluding hydrogens is 644 g/mol. The van der Waals surface area contributed by atoms with Crippen LogP contribution in [0.15, 0.2) is 31.8 Å². The quantitative estimate of drug-likeness (QED) is 0.110. The summed E-state index contributed by atoms with van der Waals surface area (Å²) < 4.78 is 12.0. The molecular formula is C30H38Br2N2S3. The van der Waals surface area contributed by atoms with Gasteiger partial charge in [-0.2, -0.15) is 8.75 Å². The minimum Gasteiger partial charge on any atom is -0.172 e. The molecule has 0 aliphatic carbocycles. The van der Waals surface area contributed by atoms with Crippen LogP contribution in [0.4, 0.5) is 0 Å². The number of aryl methyl sites for hydroxylation is 2. The van der Waals surface area contributed by atoms with Gasteiger partial charge in [-0.25, -0.2) is 0 Å². The van der Waals surface area contributed by atoms with Crippen molar-refractivity contribution in [3.05, 3.63) is 43.0 Å². The number of hydrogen-bond donors (Lipinski definition) is 0. The number of fused-ring (bicyclic) bond motifs is 1. The molecule has 0 bridgehead atoms. The van der Waals surface area contributed by atoms with E-state index in [1.54, 1.807) is 0 Å². The van der Waals surface area contributed by atoms with Crippen molar-refractivity contribution in [3.8, 4) is 20.9 Å². The van der Waals surface area contributed by atoms with Crippen LogP contribution >= 0.6 is 66.3 Å². The summed E-state index contributed by atoms with van der Waals surface area (Å²) >= 11 is 12.5. The summed E-state index contributed by atoms with van der Waals surface area (Å²) in [7, 11) is 0. The fourth-order valence-electron chi connectivity index (χ4n) is 5.04. The molecule has 3 heterocycles. The number of halogens is 2. The normalized spacial score (nSPS) is 11.7. The lowest BCUT2D eigenvalue weighted by molar-refractivity contribution is 0.608. The maximum absolute atomic E-state index is 4.82. The van der Waals surface area contributed by atoms with Gasteiger partial charge in [-0.3, -0.25) is 0 Å². The first-order valence-corrected chi connectivity index (χ1v) is 17.9. The Morgan fingerprint density at radius 3 is 1.43 bits per heavy atom. The number of benzene rings is 1. The van der Waals surface area contributed by atoms with Gasteiger partial charge < -0.3 is 0 Å². The topological polar surface area (TPSA) is 25.8 Å². The van der Waals surface area contributed by atoms with Crippen molar-refractivity contribution in [2.45, 2.75) is 104 Å². The van der Waals surface area contributed by atoms with E-state index >= 15 is 0 Å². The fraction of sp³-hybridized carbons (Fsp3) is 0.533. The highest BCUT2D eigenvalue weighted by atomic mass is 79.9. The maximum Gasteiger partial charge on any atom is 0.114 e. The van der Waals surface area contributed by atoms with Crippen LogP contribution in [-0.4, -0.2) is 8.75 Å². The number of unbranched alkanes of at least 4 members (excludes halogenated alkanes) is 10. The molecule has 0 unspecified atom stereocenters. The molecule has 0 N–H and O–H groups in total. The Morgan fingerprint density at radius 2 is 1.00 bits per heavy atom. The Bertz CT molecular complexity index is 1160. The Hall–Kier alpha value is -0.600. The molecule has 0 saturated heterocycles. The lowest BCUT2D eigenvalue weighted by atomic mass is 9.98. The molecule has 0 radical (unpaired) electrons. The van der Waals surface area contributed by atoms with Crippen LogP contribution in [0.3, 0.4) is 0 Å². The van der Waals surface area contributed by atoms with E-state index in [1.165, 1.54) is 128 Å². The van der Waals surface area contributed by atoms with Gasteiger partial charge >= 0.3 is 0 Å². The van der Waals surface area contributed by atoms with Crippen molar-refractivity contribution in [1.82, 2.24) is 8.75 Å². The minimum atomic E-state index is 1.05.